The van der Waals surface area contributed by atoms with Gasteiger partial charge in [0.1, 0.15) is 6.04 Å². The summed E-state index contributed by atoms with van der Waals surface area (Å²) in [5, 5.41) is 2.16. The zero-order valence-electron chi connectivity index (χ0n) is 10.2. The lowest BCUT2D eigenvalue weighted by molar-refractivity contribution is -0.104. The minimum absolute atomic E-state index is 0. The van der Waals surface area contributed by atoms with E-state index in [1.807, 2.05) is 6.92 Å². The van der Waals surface area contributed by atoms with Crippen molar-refractivity contribution in [2.75, 3.05) is 12.4 Å². The normalized spacial score (nSPS) is 21.0. The highest BCUT2D eigenvalue weighted by molar-refractivity contribution is 7.99. The van der Waals surface area contributed by atoms with Crippen LogP contribution in [-0.4, -0.2) is 24.4 Å². The molecular weight excluding hydrogens is 296 g/mol. The molecule has 1 aliphatic heterocycles. The molecule has 1 heterocycles. The Bertz CT molecular complexity index is 442. The molecule has 3 nitrogen and oxygen atoms in total. The average molecular weight is 310 g/mol. The van der Waals surface area contributed by atoms with Crippen LogP contribution in [0, 0.1) is 0 Å². The van der Waals surface area contributed by atoms with Gasteiger partial charge in [0.05, 0.1) is 0 Å². The van der Waals surface area contributed by atoms with E-state index in [4.69, 9.17) is 0 Å². The minimum atomic E-state index is -3.09. The van der Waals surface area contributed by atoms with Crippen LogP contribution in [0.25, 0.3) is 0 Å². The zero-order chi connectivity index (χ0) is 13.2. The lowest BCUT2D eigenvalue weighted by Crippen LogP contribution is -2.49. The van der Waals surface area contributed by atoms with Crippen molar-refractivity contribution < 1.29 is 18.3 Å². The van der Waals surface area contributed by atoms with Gasteiger partial charge in [0.15, 0.2) is 6.61 Å². The Balaban J connectivity index is 0.00000180. The molecule has 1 aliphatic rings. The third-order valence-electron chi connectivity index (χ3n) is 2.60. The Labute approximate surface area is 120 Å². The number of carbonyl (C=O) groups excluding carboxylic acids is 1. The first-order valence-corrected chi connectivity index (χ1v) is 6.55. The summed E-state index contributed by atoms with van der Waals surface area (Å²) >= 11 is 1.63. The number of cyclic esters (lactones) is 1. The van der Waals surface area contributed by atoms with Crippen molar-refractivity contribution >= 4 is 30.3 Å². The number of halogens is 3. The average Bonchev–Trinajstić information content (AvgIpc) is 2.34. The fraction of sp³-hybridized carbons (Fsp3) is 0.417. The Morgan fingerprint density at radius 2 is 2.05 bits per heavy atom. The molecule has 0 aromatic heterocycles. The quantitative estimate of drug-likeness (QED) is 0.866. The zero-order valence-corrected chi connectivity index (χ0v) is 11.8. The maximum Gasteiger partial charge on any atom is 0.408 e. The molecule has 0 saturated carbocycles. The third kappa shape index (κ3) is 3.73. The van der Waals surface area contributed by atoms with E-state index in [2.05, 4.69) is 10.1 Å². The molecule has 19 heavy (non-hydrogen) atoms. The van der Waals surface area contributed by atoms with Crippen LogP contribution in [0.1, 0.15) is 18.5 Å². The smallest absolute Gasteiger partial charge is 0.408 e. The van der Waals surface area contributed by atoms with Gasteiger partial charge in [-0.3, -0.25) is 0 Å². The molecule has 0 bridgehead atoms. The number of hydrogen-bond donors (Lipinski definition) is 1. The SMILES string of the molecule is CCSc1ccc([C@@H]2NC(=O)OCC2(F)F)cc1.Cl. The molecule has 2 rings (SSSR count). The van der Waals surface area contributed by atoms with E-state index >= 15 is 0 Å². The lowest BCUT2D eigenvalue weighted by atomic mass is 10.0. The highest BCUT2D eigenvalue weighted by Crippen LogP contribution is 2.35. The number of carbonyl (C=O) groups is 1. The second-order valence-corrected chi connectivity index (χ2v) is 5.25. The molecule has 1 amide bonds. The van der Waals surface area contributed by atoms with Crippen LogP contribution in [-0.2, 0) is 4.74 Å². The van der Waals surface area contributed by atoms with Gasteiger partial charge >= 0.3 is 12.0 Å². The summed E-state index contributed by atoms with van der Waals surface area (Å²) < 4.78 is 31.6. The van der Waals surface area contributed by atoms with E-state index in [0.717, 1.165) is 10.6 Å². The number of thioether (sulfide) groups is 1. The number of ether oxygens (including phenoxy) is 1. The monoisotopic (exact) mass is 309 g/mol. The first-order valence-electron chi connectivity index (χ1n) is 5.57. The fourth-order valence-electron chi connectivity index (χ4n) is 1.76. The van der Waals surface area contributed by atoms with E-state index in [0.29, 0.717) is 5.56 Å². The highest BCUT2D eigenvalue weighted by atomic mass is 35.5. The number of hydrogen-bond acceptors (Lipinski definition) is 3. The van der Waals surface area contributed by atoms with Crippen molar-refractivity contribution in [3.05, 3.63) is 29.8 Å². The predicted octanol–water partition coefficient (Wildman–Crippen LogP) is 3.64. The molecule has 1 aromatic rings. The van der Waals surface area contributed by atoms with Gasteiger partial charge in [0.25, 0.3) is 0 Å². The summed E-state index contributed by atoms with van der Waals surface area (Å²) in [6, 6.07) is 5.46. The second-order valence-electron chi connectivity index (χ2n) is 3.92. The molecule has 0 aliphatic carbocycles. The van der Waals surface area contributed by atoms with E-state index < -0.39 is 24.7 Å². The van der Waals surface area contributed by atoms with Gasteiger partial charge < -0.3 is 10.1 Å². The molecule has 1 saturated heterocycles. The Morgan fingerprint density at radius 1 is 1.42 bits per heavy atom. The summed E-state index contributed by atoms with van der Waals surface area (Å²) in [5.41, 5.74) is 0.386. The van der Waals surface area contributed by atoms with Crippen LogP contribution >= 0.6 is 24.2 Å². The van der Waals surface area contributed by atoms with Crippen LogP contribution in [0.3, 0.4) is 0 Å². The highest BCUT2D eigenvalue weighted by Gasteiger charge is 2.46. The number of amides is 1. The van der Waals surface area contributed by atoms with E-state index in [-0.39, 0.29) is 12.4 Å². The van der Waals surface area contributed by atoms with Gasteiger partial charge in [-0.1, -0.05) is 19.1 Å². The van der Waals surface area contributed by atoms with Gasteiger partial charge in [0.2, 0.25) is 0 Å². The van der Waals surface area contributed by atoms with Crippen LogP contribution in [0.15, 0.2) is 29.2 Å². The second kappa shape index (κ2) is 6.43. The third-order valence-corrected chi connectivity index (χ3v) is 3.50. The number of alkyl halides is 2. The van der Waals surface area contributed by atoms with Crippen molar-refractivity contribution in [3.8, 4) is 0 Å². The van der Waals surface area contributed by atoms with Crippen LogP contribution in [0.4, 0.5) is 13.6 Å². The standard InChI is InChI=1S/C12H13F2NO2S.ClH/c1-2-18-9-5-3-8(4-6-9)10-12(13,14)7-17-11(16)15-10;/h3-6,10H,2,7H2,1H3,(H,15,16);1H/t10-;/m0./s1. The van der Waals surface area contributed by atoms with Crippen LogP contribution in [0.2, 0.25) is 0 Å². The van der Waals surface area contributed by atoms with E-state index in [1.54, 1.807) is 36.0 Å². The van der Waals surface area contributed by atoms with E-state index in [1.165, 1.54) is 0 Å². The van der Waals surface area contributed by atoms with Crippen LogP contribution < -0.4 is 5.32 Å². The van der Waals surface area contributed by atoms with Crippen LogP contribution in [0.5, 0.6) is 0 Å². The molecule has 1 atom stereocenters. The summed E-state index contributed by atoms with van der Waals surface area (Å²) in [4.78, 5) is 12.0. The first-order chi connectivity index (χ1) is 8.53. The number of rotatable bonds is 3. The van der Waals surface area contributed by atoms with Gasteiger partial charge in [-0.2, -0.15) is 0 Å². The molecule has 0 spiro atoms. The molecule has 1 N–H and O–H groups in total. The van der Waals surface area contributed by atoms with Crippen molar-refractivity contribution in [1.29, 1.82) is 0 Å². The first kappa shape index (κ1) is 16.0. The molecule has 0 radical (unpaired) electrons. The predicted molar refractivity (Wildman–Crippen MR) is 72.3 cm³/mol. The largest absolute Gasteiger partial charge is 0.443 e. The maximum atomic E-state index is 13.6. The van der Waals surface area contributed by atoms with Crippen molar-refractivity contribution in [1.82, 2.24) is 5.32 Å². The molecule has 106 valence electrons. The summed E-state index contributed by atoms with van der Waals surface area (Å²) in [5.74, 6) is -2.17. The number of alkyl carbamates (subject to hydrolysis) is 1. The summed E-state index contributed by atoms with van der Waals surface area (Å²) in [6.07, 6.45) is -0.807. The molecule has 1 fully saturated rings. The fourth-order valence-corrected chi connectivity index (χ4v) is 2.42. The molecule has 7 heteroatoms. The van der Waals surface area contributed by atoms with Crippen molar-refractivity contribution in [3.63, 3.8) is 0 Å². The van der Waals surface area contributed by atoms with Gasteiger partial charge in [-0.25, -0.2) is 13.6 Å². The summed E-state index contributed by atoms with van der Waals surface area (Å²) in [6.45, 7) is 1.14. The minimum Gasteiger partial charge on any atom is -0.443 e. The summed E-state index contributed by atoms with van der Waals surface area (Å²) in [7, 11) is 0. The number of nitrogens with one attached hydrogen (secondary N) is 1. The Morgan fingerprint density at radius 3 is 2.63 bits per heavy atom. The van der Waals surface area contributed by atoms with Gasteiger partial charge in [-0.05, 0) is 23.4 Å². The topological polar surface area (TPSA) is 38.3 Å². The van der Waals surface area contributed by atoms with Gasteiger partial charge in [0, 0.05) is 4.90 Å². The van der Waals surface area contributed by atoms with E-state index in [9.17, 15) is 13.6 Å². The van der Waals surface area contributed by atoms with Gasteiger partial charge in [-0.15, -0.1) is 24.2 Å². The number of benzene rings is 1. The van der Waals surface area contributed by atoms with Crippen molar-refractivity contribution in [2.45, 2.75) is 23.8 Å². The maximum absolute atomic E-state index is 13.6. The Kier molecular flexibility index (Phi) is 5.43. The molecule has 0 unspecified atom stereocenters. The molecule has 1 aromatic carbocycles. The van der Waals surface area contributed by atoms with Crippen molar-refractivity contribution in [2.24, 2.45) is 0 Å². The Hall–Kier alpha value is -1.01. The molecular formula is C12H14ClF2NO2S. The lowest BCUT2D eigenvalue weighted by Gasteiger charge is -2.31.